The molecule has 31 heavy (non-hydrogen) atoms. The minimum Gasteiger partial charge on any atom is -0.380 e. The second kappa shape index (κ2) is 10.7. The Labute approximate surface area is 181 Å². The average Bonchev–Trinajstić information content (AvgIpc) is 3.10. The molecule has 0 aliphatic heterocycles. The highest BCUT2D eigenvalue weighted by molar-refractivity contribution is 5.90. The van der Waals surface area contributed by atoms with Gasteiger partial charge in [-0.25, -0.2) is 9.97 Å². The fourth-order valence-electron chi connectivity index (χ4n) is 3.08. The number of nitrogens with zero attached hydrogens (tertiary/aromatic N) is 5. The molecule has 3 heterocycles. The summed E-state index contributed by atoms with van der Waals surface area (Å²) in [6.45, 7) is 10.4. The van der Waals surface area contributed by atoms with Crippen molar-refractivity contribution in [3.8, 4) is 0 Å². The van der Waals surface area contributed by atoms with Gasteiger partial charge in [0.15, 0.2) is 5.82 Å². The molecule has 3 rings (SSSR count). The molecule has 1 amide bonds. The zero-order valence-corrected chi connectivity index (χ0v) is 18.5. The minimum absolute atomic E-state index is 0.0414. The highest BCUT2D eigenvalue weighted by Gasteiger charge is 2.19. The van der Waals surface area contributed by atoms with Crippen LogP contribution in [0.25, 0.3) is 11.0 Å². The van der Waals surface area contributed by atoms with Crippen molar-refractivity contribution in [3.63, 3.8) is 0 Å². The third kappa shape index (κ3) is 5.66. The van der Waals surface area contributed by atoms with E-state index in [-0.39, 0.29) is 12.5 Å². The van der Waals surface area contributed by atoms with Crippen LogP contribution in [0, 0.1) is 6.92 Å². The molecule has 3 aromatic heterocycles. The zero-order valence-electron chi connectivity index (χ0n) is 18.5. The van der Waals surface area contributed by atoms with Gasteiger partial charge in [-0.1, -0.05) is 6.92 Å². The molecule has 0 aromatic carbocycles. The van der Waals surface area contributed by atoms with Crippen LogP contribution in [0.5, 0.6) is 0 Å². The largest absolute Gasteiger partial charge is 0.380 e. The van der Waals surface area contributed by atoms with Gasteiger partial charge in [0.05, 0.1) is 19.7 Å². The smallest absolute Gasteiger partial charge is 0.225 e. The molecule has 0 fully saturated rings. The van der Waals surface area contributed by atoms with E-state index in [0.717, 1.165) is 11.1 Å². The van der Waals surface area contributed by atoms with Gasteiger partial charge in [0.1, 0.15) is 22.5 Å². The van der Waals surface area contributed by atoms with Crippen molar-refractivity contribution in [1.29, 1.82) is 0 Å². The van der Waals surface area contributed by atoms with Crippen molar-refractivity contribution >= 4 is 34.5 Å². The SMILES string of the molecule is CCNc1nc(Nc2cc(C)ccn2)c2c(n1)c(CNC(=O)CC)nn2CCOCC. The average molecular weight is 427 g/mol. The van der Waals surface area contributed by atoms with E-state index >= 15 is 0 Å². The minimum atomic E-state index is -0.0414. The molecule has 0 aliphatic carbocycles. The van der Waals surface area contributed by atoms with Gasteiger partial charge in [-0.05, 0) is 38.5 Å². The van der Waals surface area contributed by atoms with Gasteiger partial charge in [-0.15, -0.1) is 0 Å². The molecule has 0 saturated carbocycles. The van der Waals surface area contributed by atoms with E-state index in [1.54, 1.807) is 6.20 Å². The third-order valence-corrected chi connectivity index (χ3v) is 4.58. The van der Waals surface area contributed by atoms with Gasteiger partial charge in [0, 0.05) is 25.8 Å². The zero-order chi connectivity index (χ0) is 22.2. The number of hydrogen-bond acceptors (Lipinski definition) is 8. The summed E-state index contributed by atoms with van der Waals surface area (Å²) in [4.78, 5) is 25.6. The Balaban J connectivity index is 2.09. The first-order chi connectivity index (χ1) is 15.0. The summed E-state index contributed by atoms with van der Waals surface area (Å²) >= 11 is 0. The number of fused-ring (bicyclic) bond motifs is 1. The van der Waals surface area contributed by atoms with E-state index in [4.69, 9.17) is 9.84 Å². The molecule has 0 radical (unpaired) electrons. The van der Waals surface area contributed by atoms with Crippen molar-refractivity contribution in [2.24, 2.45) is 0 Å². The number of pyridine rings is 1. The van der Waals surface area contributed by atoms with Crippen LogP contribution >= 0.6 is 0 Å². The number of anilines is 3. The van der Waals surface area contributed by atoms with E-state index in [2.05, 4.69) is 30.9 Å². The Hall–Kier alpha value is -3.27. The highest BCUT2D eigenvalue weighted by atomic mass is 16.5. The van der Waals surface area contributed by atoms with E-state index in [1.807, 2.05) is 44.5 Å². The summed E-state index contributed by atoms with van der Waals surface area (Å²) in [5.74, 6) is 1.72. The summed E-state index contributed by atoms with van der Waals surface area (Å²) in [5.41, 5.74) is 3.18. The van der Waals surface area contributed by atoms with Gasteiger partial charge in [0.25, 0.3) is 0 Å². The number of ether oxygens (including phenoxy) is 1. The quantitative estimate of drug-likeness (QED) is 0.401. The van der Waals surface area contributed by atoms with Gasteiger partial charge in [-0.3, -0.25) is 9.48 Å². The van der Waals surface area contributed by atoms with Crippen molar-refractivity contribution < 1.29 is 9.53 Å². The maximum absolute atomic E-state index is 11.8. The number of hydrogen-bond donors (Lipinski definition) is 3. The van der Waals surface area contributed by atoms with Crippen LogP contribution in [0.3, 0.4) is 0 Å². The highest BCUT2D eigenvalue weighted by Crippen LogP contribution is 2.27. The van der Waals surface area contributed by atoms with Crippen LogP contribution in [0.1, 0.15) is 38.4 Å². The molecular formula is C21H30N8O2. The number of nitrogens with one attached hydrogen (secondary N) is 3. The van der Waals surface area contributed by atoms with Gasteiger partial charge in [0.2, 0.25) is 11.9 Å². The first-order valence-corrected chi connectivity index (χ1v) is 10.6. The summed E-state index contributed by atoms with van der Waals surface area (Å²) in [7, 11) is 0. The van der Waals surface area contributed by atoms with Crippen molar-refractivity contribution in [2.75, 3.05) is 30.4 Å². The number of aryl methyl sites for hydroxylation is 1. The summed E-state index contributed by atoms with van der Waals surface area (Å²) in [6, 6.07) is 3.88. The van der Waals surface area contributed by atoms with Gasteiger partial charge < -0.3 is 20.7 Å². The molecule has 0 aliphatic rings. The first-order valence-electron chi connectivity index (χ1n) is 10.6. The Morgan fingerprint density at radius 3 is 2.77 bits per heavy atom. The molecule has 3 N–H and O–H groups in total. The maximum Gasteiger partial charge on any atom is 0.225 e. The van der Waals surface area contributed by atoms with Crippen LogP contribution in [0.15, 0.2) is 18.3 Å². The van der Waals surface area contributed by atoms with Crippen LogP contribution in [-0.4, -0.2) is 50.4 Å². The van der Waals surface area contributed by atoms with Crippen LogP contribution in [0.4, 0.5) is 17.6 Å². The number of amides is 1. The number of carbonyl (C=O) groups excluding carboxylic acids is 1. The van der Waals surface area contributed by atoms with Crippen LogP contribution in [-0.2, 0) is 22.6 Å². The van der Waals surface area contributed by atoms with Crippen molar-refractivity contribution in [3.05, 3.63) is 29.6 Å². The Morgan fingerprint density at radius 2 is 2.06 bits per heavy atom. The summed E-state index contributed by atoms with van der Waals surface area (Å²) in [5, 5.41) is 14.1. The van der Waals surface area contributed by atoms with Crippen LogP contribution < -0.4 is 16.0 Å². The second-order valence-electron chi connectivity index (χ2n) is 6.96. The molecular weight excluding hydrogens is 396 g/mol. The third-order valence-electron chi connectivity index (χ3n) is 4.58. The maximum atomic E-state index is 11.8. The first kappa shape index (κ1) is 22.4. The lowest BCUT2D eigenvalue weighted by molar-refractivity contribution is -0.120. The van der Waals surface area contributed by atoms with Crippen LogP contribution in [0.2, 0.25) is 0 Å². The molecule has 10 heteroatoms. The lowest BCUT2D eigenvalue weighted by Gasteiger charge is -2.11. The molecule has 0 unspecified atom stereocenters. The second-order valence-corrected chi connectivity index (χ2v) is 6.96. The van der Waals surface area contributed by atoms with Gasteiger partial charge in [-0.2, -0.15) is 10.1 Å². The van der Waals surface area contributed by atoms with E-state index in [1.165, 1.54) is 0 Å². The molecule has 0 bridgehead atoms. The molecule has 0 spiro atoms. The lowest BCUT2D eigenvalue weighted by Crippen LogP contribution is -2.22. The number of carbonyl (C=O) groups is 1. The topological polar surface area (TPSA) is 119 Å². The summed E-state index contributed by atoms with van der Waals surface area (Å²) < 4.78 is 7.36. The Bertz CT molecular complexity index is 1030. The Morgan fingerprint density at radius 1 is 1.23 bits per heavy atom. The molecule has 0 saturated heterocycles. The number of rotatable bonds is 11. The summed E-state index contributed by atoms with van der Waals surface area (Å²) in [6.07, 6.45) is 2.16. The molecule has 0 atom stereocenters. The Kier molecular flexibility index (Phi) is 7.71. The fraction of sp³-hybridized carbons (Fsp3) is 0.476. The van der Waals surface area contributed by atoms with Crippen molar-refractivity contribution in [2.45, 2.75) is 47.2 Å². The number of aromatic nitrogens is 5. The van der Waals surface area contributed by atoms with Gasteiger partial charge >= 0.3 is 0 Å². The van der Waals surface area contributed by atoms with E-state index < -0.39 is 0 Å². The lowest BCUT2D eigenvalue weighted by atomic mass is 10.3. The molecule has 166 valence electrons. The normalized spacial score (nSPS) is 11.0. The molecule has 3 aromatic rings. The van der Waals surface area contributed by atoms with Crippen molar-refractivity contribution in [1.82, 2.24) is 30.0 Å². The standard InChI is InChI=1S/C21H30N8O2/c1-5-17(30)24-13-15-18-19(29(28-15)10-11-31-7-3)20(27-21(26-18)22-6-2)25-16-12-14(4)8-9-23-16/h8-9,12H,5-7,10-11,13H2,1-4H3,(H,24,30)(H2,22,23,25,26,27). The monoisotopic (exact) mass is 426 g/mol. The predicted octanol–water partition coefficient (Wildman–Crippen LogP) is 2.77. The van der Waals surface area contributed by atoms with E-state index in [9.17, 15) is 4.79 Å². The van der Waals surface area contributed by atoms with E-state index in [0.29, 0.717) is 61.5 Å². The predicted molar refractivity (Wildman–Crippen MR) is 120 cm³/mol. The fourth-order valence-corrected chi connectivity index (χ4v) is 3.08. The molecule has 10 nitrogen and oxygen atoms in total.